The van der Waals surface area contributed by atoms with Crippen molar-refractivity contribution in [1.29, 1.82) is 0 Å². The molecule has 0 saturated heterocycles. The zero-order chi connectivity index (χ0) is 21.7. The average Bonchev–Trinajstić information content (AvgIpc) is 3.10. The minimum Gasteiger partial charge on any atom is -0.486 e. The quantitative estimate of drug-likeness (QED) is 0.434. The van der Waals surface area contributed by atoms with Gasteiger partial charge in [0.1, 0.15) is 24.0 Å². The molecule has 7 nitrogen and oxygen atoms in total. The topological polar surface area (TPSA) is 86.3 Å². The number of nitrogens with zero attached hydrogens (tertiary/aromatic N) is 4. The highest BCUT2D eigenvalue weighted by atomic mass is 32.2. The van der Waals surface area contributed by atoms with Gasteiger partial charge in [0.25, 0.3) is 0 Å². The Balaban J connectivity index is 1.54. The fraction of sp³-hybridized carbons (Fsp3) is 0.250. The van der Waals surface area contributed by atoms with Crippen molar-refractivity contribution in [2.45, 2.75) is 24.7 Å². The van der Waals surface area contributed by atoms with Crippen molar-refractivity contribution in [3.63, 3.8) is 0 Å². The van der Waals surface area contributed by atoms with Crippen LogP contribution in [0.25, 0.3) is 0 Å². The van der Waals surface area contributed by atoms with Crippen LogP contribution in [-0.4, -0.2) is 38.5 Å². The van der Waals surface area contributed by atoms with E-state index in [0.29, 0.717) is 16.7 Å². The highest BCUT2D eigenvalue weighted by Crippen LogP contribution is 2.22. The van der Waals surface area contributed by atoms with Crippen LogP contribution in [0.1, 0.15) is 24.4 Å². The molecule has 158 valence electrons. The molecule has 0 aliphatic rings. The van der Waals surface area contributed by atoms with Gasteiger partial charge >= 0.3 is 0 Å². The predicted octanol–water partition coefficient (Wildman–Crippen LogP) is 3.16. The molecule has 0 spiro atoms. The number of halogens is 2. The third kappa shape index (κ3) is 5.26. The second-order valence-electron chi connectivity index (χ2n) is 6.53. The van der Waals surface area contributed by atoms with Gasteiger partial charge in [0.2, 0.25) is 11.1 Å². The molecule has 10 heteroatoms. The summed E-state index contributed by atoms with van der Waals surface area (Å²) in [5, 5.41) is 8.32. The highest BCUT2D eigenvalue weighted by molar-refractivity contribution is 7.99. The number of aromatic nitrogens is 3. The Kier molecular flexibility index (Phi) is 6.88. The number of thioether (sulfide) groups is 1. The maximum absolute atomic E-state index is 13.1. The van der Waals surface area contributed by atoms with Gasteiger partial charge in [-0.2, -0.15) is 0 Å². The summed E-state index contributed by atoms with van der Waals surface area (Å²) in [7, 11) is 1.69. The molecule has 0 saturated carbocycles. The van der Waals surface area contributed by atoms with Crippen LogP contribution in [0, 0.1) is 11.6 Å². The Hall–Kier alpha value is -3.14. The number of benzene rings is 2. The van der Waals surface area contributed by atoms with Gasteiger partial charge in [-0.15, -0.1) is 10.2 Å². The van der Waals surface area contributed by atoms with Crippen LogP contribution in [0.3, 0.4) is 0 Å². The Labute approximate surface area is 176 Å². The highest BCUT2D eigenvalue weighted by Gasteiger charge is 2.19. The van der Waals surface area contributed by atoms with E-state index in [1.165, 1.54) is 41.1 Å². The van der Waals surface area contributed by atoms with Crippen LogP contribution in [0.4, 0.5) is 8.78 Å². The Morgan fingerprint density at radius 1 is 1.13 bits per heavy atom. The Bertz CT molecular complexity index is 995. The summed E-state index contributed by atoms with van der Waals surface area (Å²) in [5.74, 6) is 6.12. The first-order chi connectivity index (χ1) is 14.3. The number of amides is 1. The van der Waals surface area contributed by atoms with Crippen molar-refractivity contribution >= 4 is 17.7 Å². The standard InChI is InChI=1S/C20H21F2N5O2S/c1-13(14-3-5-15(21)6-4-14)26(2)19(28)12-30-20-25-24-18(27(20)23)11-29-17-9-7-16(22)8-10-17/h3-10,13H,11-12,23H2,1-2H3. The molecule has 0 fully saturated rings. The molecule has 1 heterocycles. The van der Waals surface area contributed by atoms with Crippen LogP contribution < -0.4 is 10.6 Å². The summed E-state index contributed by atoms with van der Waals surface area (Å²) in [6.07, 6.45) is 0. The van der Waals surface area contributed by atoms with E-state index in [2.05, 4.69) is 10.2 Å². The van der Waals surface area contributed by atoms with Crippen LogP contribution in [0.15, 0.2) is 53.7 Å². The molecule has 1 unspecified atom stereocenters. The minimum absolute atomic E-state index is 0.0468. The number of carbonyl (C=O) groups is 1. The number of hydrogen-bond acceptors (Lipinski definition) is 6. The van der Waals surface area contributed by atoms with Crippen LogP contribution in [0.5, 0.6) is 5.75 Å². The first-order valence-corrected chi connectivity index (χ1v) is 10.1. The fourth-order valence-electron chi connectivity index (χ4n) is 2.59. The van der Waals surface area contributed by atoms with Gasteiger partial charge in [-0.3, -0.25) is 4.79 Å². The minimum atomic E-state index is -0.355. The lowest BCUT2D eigenvalue weighted by molar-refractivity contribution is -0.128. The zero-order valence-corrected chi connectivity index (χ0v) is 17.3. The van der Waals surface area contributed by atoms with E-state index in [9.17, 15) is 13.6 Å². The van der Waals surface area contributed by atoms with E-state index in [-0.39, 0.29) is 35.9 Å². The lowest BCUT2D eigenvalue weighted by Crippen LogP contribution is -2.31. The van der Waals surface area contributed by atoms with Crippen LogP contribution in [0.2, 0.25) is 0 Å². The van der Waals surface area contributed by atoms with E-state index in [1.54, 1.807) is 24.1 Å². The molecule has 2 aromatic carbocycles. The number of carbonyl (C=O) groups excluding carboxylic acids is 1. The Morgan fingerprint density at radius 3 is 2.37 bits per heavy atom. The summed E-state index contributed by atoms with van der Waals surface area (Å²) in [5.41, 5.74) is 0.833. The molecule has 0 aliphatic heterocycles. The first kappa shape index (κ1) is 21.6. The third-order valence-electron chi connectivity index (χ3n) is 4.57. The molecule has 2 N–H and O–H groups in total. The van der Waals surface area contributed by atoms with Crippen LogP contribution >= 0.6 is 11.8 Å². The van der Waals surface area contributed by atoms with Crippen molar-refractivity contribution < 1.29 is 18.3 Å². The van der Waals surface area contributed by atoms with Gasteiger partial charge in [-0.1, -0.05) is 23.9 Å². The van der Waals surface area contributed by atoms with Gasteiger partial charge in [0.05, 0.1) is 11.8 Å². The number of rotatable bonds is 8. The molecule has 3 rings (SSSR count). The van der Waals surface area contributed by atoms with Crippen molar-refractivity contribution in [2.75, 3.05) is 18.6 Å². The number of hydrogen-bond donors (Lipinski definition) is 1. The lowest BCUT2D eigenvalue weighted by atomic mass is 10.1. The lowest BCUT2D eigenvalue weighted by Gasteiger charge is -2.25. The monoisotopic (exact) mass is 433 g/mol. The fourth-order valence-corrected chi connectivity index (χ4v) is 3.39. The summed E-state index contributed by atoms with van der Waals surface area (Å²) in [6.45, 7) is 1.91. The summed E-state index contributed by atoms with van der Waals surface area (Å²) >= 11 is 1.15. The van der Waals surface area contributed by atoms with E-state index in [1.807, 2.05) is 6.92 Å². The summed E-state index contributed by atoms with van der Waals surface area (Å²) in [4.78, 5) is 14.1. The summed E-state index contributed by atoms with van der Waals surface area (Å²) < 4.78 is 32.8. The number of ether oxygens (including phenoxy) is 1. The number of nitrogens with two attached hydrogens (primary N) is 1. The van der Waals surface area contributed by atoms with E-state index < -0.39 is 0 Å². The van der Waals surface area contributed by atoms with Gasteiger partial charge in [-0.25, -0.2) is 13.5 Å². The zero-order valence-electron chi connectivity index (χ0n) is 16.5. The molecule has 0 aliphatic carbocycles. The molecule has 0 radical (unpaired) electrons. The smallest absolute Gasteiger partial charge is 0.233 e. The molecule has 3 aromatic rings. The number of nitrogen functional groups attached to an aromatic ring is 1. The van der Waals surface area contributed by atoms with Crippen molar-refractivity contribution in [2.24, 2.45) is 0 Å². The third-order valence-corrected chi connectivity index (χ3v) is 5.50. The molecule has 1 aromatic heterocycles. The van der Waals surface area contributed by atoms with Gasteiger partial charge in [-0.05, 0) is 48.9 Å². The normalized spacial score (nSPS) is 11.9. The van der Waals surface area contributed by atoms with Gasteiger partial charge < -0.3 is 15.5 Å². The summed E-state index contributed by atoms with van der Waals surface area (Å²) in [6, 6.07) is 11.4. The van der Waals surface area contributed by atoms with Gasteiger partial charge in [0, 0.05) is 7.05 Å². The van der Waals surface area contributed by atoms with Crippen molar-refractivity contribution in [3.05, 3.63) is 71.6 Å². The maximum Gasteiger partial charge on any atom is 0.233 e. The largest absolute Gasteiger partial charge is 0.486 e. The molecule has 1 amide bonds. The molecular formula is C20H21F2N5O2S. The van der Waals surface area contributed by atoms with Gasteiger partial charge in [0.15, 0.2) is 5.82 Å². The molecular weight excluding hydrogens is 412 g/mol. The first-order valence-electron chi connectivity index (χ1n) is 9.07. The molecule has 0 bridgehead atoms. The molecule has 30 heavy (non-hydrogen) atoms. The van der Waals surface area contributed by atoms with E-state index in [0.717, 1.165) is 17.3 Å². The second-order valence-corrected chi connectivity index (χ2v) is 7.47. The second kappa shape index (κ2) is 9.57. The van der Waals surface area contributed by atoms with Crippen molar-refractivity contribution in [1.82, 2.24) is 19.8 Å². The van der Waals surface area contributed by atoms with E-state index >= 15 is 0 Å². The van der Waals surface area contributed by atoms with Crippen molar-refractivity contribution in [3.8, 4) is 5.75 Å². The average molecular weight is 433 g/mol. The SMILES string of the molecule is CC(c1ccc(F)cc1)N(C)C(=O)CSc1nnc(COc2ccc(F)cc2)n1N. The molecule has 1 atom stereocenters. The van der Waals surface area contributed by atoms with E-state index in [4.69, 9.17) is 10.6 Å². The maximum atomic E-state index is 13.1. The Morgan fingerprint density at radius 2 is 1.73 bits per heavy atom. The predicted molar refractivity (Wildman–Crippen MR) is 109 cm³/mol. The van der Waals surface area contributed by atoms with Crippen LogP contribution in [-0.2, 0) is 11.4 Å².